The van der Waals surface area contributed by atoms with Crippen molar-refractivity contribution in [1.82, 2.24) is 10.2 Å². The Balaban J connectivity index is 1.84. The van der Waals surface area contributed by atoms with Gasteiger partial charge >= 0.3 is 5.88 Å². The van der Waals surface area contributed by atoms with Crippen molar-refractivity contribution in [3.63, 3.8) is 0 Å². The Morgan fingerprint density at radius 2 is 2.19 bits per heavy atom. The van der Waals surface area contributed by atoms with E-state index >= 15 is 0 Å². The van der Waals surface area contributed by atoms with Gasteiger partial charge in [0.15, 0.2) is 12.6 Å². The molecule has 0 aliphatic carbocycles. The number of morpholine rings is 1. The lowest BCUT2D eigenvalue weighted by Gasteiger charge is -2.28. The van der Waals surface area contributed by atoms with Crippen LogP contribution in [0.15, 0.2) is 15.7 Å². The van der Waals surface area contributed by atoms with E-state index < -0.39 is 11.7 Å². The standard InChI is InChI=1S/C13H22N4O4/c1-13(2,3)20-12(18)14-11-10-17(15-21-11)5-4-16-6-8-19-9-7-16/h10H,4-9H2,1-3H3. The molecule has 2 rings (SSSR count). The molecular weight excluding hydrogens is 276 g/mol. The van der Waals surface area contributed by atoms with Gasteiger partial charge in [-0.3, -0.25) is 9.42 Å². The third kappa shape index (κ3) is 5.68. The number of aliphatic imine (C=N–C) groups is 1. The van der Waals surface area contributed by atoms with Gasteiger partial charge in [0.05, 0.1) is 19.8 Å². The van der Waals surface area contributed by atoms with E-state index in [-0.39, 0.29) is 5.88 Å². The molecule has 21 heavy (non-hydrogen) atoms. The molecule has 8 heteroatoms. The van der Waals surface area contributed by atoms with Crippen LogP contribution in [-0.4, -0.2) is 54.7 Å². The Bertz CT molecular complexity index is 475. The van der Waals surface area contributed by atoms with Crippen LogP contribution in [-0.2, 0) is 16.0 Å². The number of ether oxygens (including phenoxy) is 2. The van der Waals surface area contributed by atoms with Crippen LogP contribution < -0.4 is 9.79 Å². The fourth-order valence-electron chi connectivity index (χ4n) is 1.87. The van der Waals surface area contributed by atoms with Gasteiger partial charge < -0.3 is 14.6 Å². The lowest BCUT2D eigenvalue weighted by molar-refractivity contribution is -0.761. The molecule has 8 nitrogen and oxygen atoms in total. The fourth-order valence-corrected chi connectivity index (χ4v) is 1.87. The second-order valence-electron chi connectivity index (χ2n) is 5.85. The average Bonchev–Trinajstić information content (AvgIpc) is 2.83. The van der Waals surface area contributed by atoms with Crippen LogP contribution in [0.4, 0.5) is 5.88 Å². The maximum Gasteiger partial charge on any atom is 0.323 e. The zero-order valence-electron chi connectivity index (χ0n) is 12.7. The molecule has 1 aliphatic heterocycles. The van der Waals surface area contributed by atoms with Crippen molar-refractivity contribution < 1.29 is 23.8 Å². The molecule has 0 unspecified atom stereocenters. The first-order valence-electron chi connectivity index (χ1n) is 7.04. The van der Waals surface area contributed by atoms with Crippen molar-refractivity contribution in [1.29, 1.82) is 0 Å². The molecule has 1 saturated heterocycles. The second-order valence-corrected chi connectivity index (χ2v) is 5.85. The van der Waals surface area contributed by atoms with Crippen molar-refractivity contribution in [3.05, 3.63) is 6.20 Å². The molecule has 0 saturated carbocycles. The van der Waals surface area contributed by atoms with Crippen LogP contribution >= 0.6 is 0 Å². The van der Waals surface area contributed by atoms with Gasteiger partial charge in [-0.2, -0.15) is 4.99 Å². The first-order chi connectivity index (χ1) is 9.92. The molecule has 1 aromatic rings. The molecular formula is C13H22N4O4. The highest BCUT2D eigenvalue weighted by atomic mass is 16.6. The number of nitrogens with zero attached hydrogens (tertiary/aromatic N) is 4. The normalized spacial score (nSPS) is 18.0. The summed E-state index contributed by atoms with van der Waals surface area (Å²) in [5.74, 6) is 0.145. The minimum absolute atomic E-state index is 0.145. The minimum atomic E-state index is -0.682. The Morgan fingerprint density at radius 3 is 2.86 bits per heavy atom. The van der Waals surface area contributed by atoms with E-state index in [0.717, 1.165) is 32.8 Å². The minimum Gasteiger partial charge on any atom is -0.594 e. The topological polar surface area (TPSA) is 87.0 Å². The lowest BCUT2D eigenvalue weighted by atomic mass is 10.2. The van der Waals surface area contributed by atoms with Crippen molar-refractivity contribution in [3.8, 4) is 0 Å². The summed E-state index contributed by atoms with van der Waals surface area (Å²) < 4.78 is 17.0. The molecule has 0 N–H and O–H groups in total. The van der Waals surface area contributed by atoms with Gasteiger partial charge in [-0.05, 0) is 4.68 Å². The summed E-state index contributed by atoms with van der Waals surface area (Å²) in [6, 6.07) is 0. The second kappa shape index (κ2) is 6.86. The van der Waals surface area contributed by atoms with E-state index in [1.807, 2.05) is 0 Å². The quantitative estimate of drug-likeness (QED) is 0.421. The third-order valence-electron chi connectivity index (χ3n) is 2.84. The highest BCUT2D eigenvalue weighted by Gasteiger charge is 2.16. The van der Waals surface area contributed by atoms with Gasteiger partial charge in [-0.25, -0.2) is 0 Å². The van der Waals surface area contributed by atoms with Crippen molar-refractivity contribution in [2.75, 3.05) is 32.8 Å². The highest BCUT2D eigenvalue weighted by molar-refractivity contribution is 5.65. The van der Waals surface area contributed by atoms with Gasteiger partial charge in [-0.1, -0.05) is 20.8 Å². The van der Waals surface area contributed by atoms with Crippen LogP contribution in [0.25, 0.3) is 0 Å². The first-order valence-corrected chi connectivity index (χ1v) is 7.04. The average molecular weight is 298 g/mol. The molecule has 0 radical (unpaired) electrons. The van der Waals surface area contributed by atoms with Crippen molar-refractivity contribution in [2.24, 2.45) is 4.99 Å². The Kier molecular flexibility index (Phi) is 5.13. The Morgan fingerprint density at radius 1 is 1.48 bits per heavy atom. The molecule has 118 valence electrons. The van der Waals surface area contributed by atoms with Crippen LogP contribution in [0.2, 0.25) is 0 Å². The number of aromatic nitrogens is 2. The Labute approximate surface area is 123 Å². The molecule has 1 aliphatic rings. The van der Waals surface area contributed by atoms with E-state index in [1.165, 1.54) is 0 Å². The predicted octanol–water partition coefficient (Wildman–Crippen LogP) is -0.543. The van der Waals surface area contributed by atoms with Crippen LogP contribution in [0.5, 0.6) is 0 Å². The molecule has 0 amide bonds. The monoisotopic (exact) mass is 298 g/mol. The summed E-state index contributed by atoms with van der Waals surface area (Å²) in [7, 11) is 0. The zero-order chi connectivity index (χ0) is 15.3. The van der Waals surface area contributed by atoms with E-state index in [4.69, 9.17) is 14.0 Å². The summed E-state index contributed by atoms with van der Waals surface area (Å²) in [5, 5.41) is 15.4. The van der Waals surface area contributed by atoms with Gasteiger partial charge in [0, 0.05) is 18.7 Å². The summed E-state index contributed by atoms with van der Waals surface area (Å²) in [5.41, 5.74) is -0.576. The van der Waals surface area contributed by atoms with Gasteiger partial charge in [0.2, 0.25) is 5.27 Å². The summed E-state index contributed by atoms with van der Waals surface area (Å²) >= 11 is 0. The molecule has 0 spiro atoms. The largest absolute Gasteiger partial charge is 0.594 e. The van der Waals surface area contributed by atoms with Gasteiger partial charge in [-0.15, -0.1) is 0 Å². The smallest absolute Gasteiger partial charge is 0.323 e. The fraction of sp³-hybridized carbons (Fsp3) is 0.769. The summed E-state index contributed by atoms with van der Waals surface area (Å²) in [4.78, 5) is 6.00. The van der Waals surface area contributed by atoms with Gasteiger partial charge in [0.1, 0.15) is 0 Å². The summed E-state index contributed by atoms with van der Waals surface area (Å²) in [6.45, 7) is 10.3. The number of hydrogen-bond acceptors (Lipinski definition) is 7. The maximum absolute atomic E-state index is 11.5. The highest BCUT2D eigenvalue weighted by Crippen LogP contribution is 2.10. The number of hydrogen-bond donors (Lipinski definition) is 0. The van der Waals surface area contributed by atoms with E-state index in [9.17, 15) is 5.11 Å². The maximum atomic E-state index is 11.5. The molecule has 0 atom stereocenters. The van der Waals surface area contributed by atoms with Crippen molar-refractivity contribution in [2.45, 2.75) is 32.9 Å². The number of rotatable bonds is 4. The van der Waals surface area contributed by atoms with Crippen molar-refractivity contribution >= 4 is 12.0 Å². The molecule has 0 aromatic carbocycles. The van der Waals surface area contributed by atoms with Crippen LogP contribution in [0, 0.1) is 0 Å². The Hall–Kier alpha value is -1.67. The molecule has 2 heterocycles. The van der Waals surface area contributed by atoms with Crippen LogP contribution in [0.3, 0.4) is 0 Å². The lowest BCUT2D eigenvalue weighted by Crippen LogP contribution is -2.45. The zero-order valence-corrected chi connectivity index (χ0v) is 12.7. The molecule has 1 fully saturated rings. The molecule has 0 bridgehead atoms. The van der Waals surface area contributed by atoms with E-state index in [2.05, 4.69) is 15.2 Å². The predicted molar refractivity (Wildman–Crippen MR) is 71.9 cm³/mol. The van der Waals surface area contributed by atoms with Crippen LogP contribution in [0.1, 0.15) is 20.8 Å². The van der Waals surface area contributed by atoms with E-state index in [1.54, 1.807) is 31.6 Å². The van der Waals surface area contributed by atoms with Gasteiger partial charge in [0.25, 0.3) is 6.20 Å². The molecule has 1 aromatic heterocycles. The van der Waals surface area contributed by atoms with E-state index in [0.29, 0.717) is 6.54 Å². The first kappa shape index (κ1) is 15.7. The third-order valence-corrected chi connectivity index (χ3v) is 2.84. The SMILES string of the molecule is CC(C)(C)O/C([O-])=N/c1c[n+](CCN2CCOCC2)no1. The summed E-state index contributed by atoms with van der Waals surface area (Å²) in [6.07, 6.45) is 0.906.